The molecule has 2 aliphatic rings. The van der Waals surface area contributed by atoms with Crippen LogP contribution in [0.4, 0.5) is 0 Å². The Hall–Kier alpha value is -7.16. The highest BCUT2D eigenvalue weighted by Crippen LogP contribution is 2.63. The molecule has 13 rings (SSSR count). The van der Waals surface area contributed by atoms with Gasteiger partial charge in [-0.1, -0.05) is 146 Å². The Bertz CT molecular complexity index is 3400. The van der Waals surface area contributed by atoms with Crippen LogP contribution in [0.3, 0.4) is 0 Å². The molecule has 0 fully saturated rings. The van der Waals surface area contributed by atoms with Crippen molar-refractivity contribution in [3.63, 3.8) is 0 Å². The average molecular weight is 698 g/mol. The first kappa shape index (κ1) is 29.3. The summed E-state index contributed by atoms with van der Waals surface area (Å²) in [5, 5.41) is 7.36. The third kappa shape index (κ3) is 3.64. The van der Waals surface area contributed by atoms with Crippen LogP contribution < -0.4 is 0 Å². The second kappa shape index (κ2) is 10.5. The van der Waals surface area contributed by atoms with Crippen molar-refractivity contribution in [3.05, 3.63) is 210 Å². The van der Waals surface area contributed by atoms with E-state index in [0.29, 0.717) is 0 Å². The van der Waals surface area contributed by atoms with Crippen molar-refractivity contribution in [3.8, 4) is 39.1 Å². The quantitative estimate of drug-likeness (QED) is 0.176. The molecule has 2 nitrogen and oxygen atoms in total. The van der Waals surface area contributed by atoms with Crippen molar-refractivity contribution in [2.45, 2.75) is 5.41 Å². The fraction of sp³-hybridized carbons (Fsp3) is 0.0189. The van der Waals surface area contributed by atoms with Crippen molar-refractivity contribution >= 4 is 54.5 Å². The molecule has 254 valence electrons. The molecular formula is C53H31NO. The van der Waals surface area contributed by atoms with Gasteiger partial charge in [-0.2, -0.15) is 0 Å². The molecule has 11 aromatic rings. The second-order valence-electron chi connectivity index (χ2n) is 15.1. The molecular weight excluding hydrogens is 667 g/mol. The summed E-state index contributed by atoms with van der Waals surface area (Å²) in [5.41, 5.74) is 18.0. The van der Waals surface area contributed by atoms with Crippen LogP contribution >= 0.6 is 0 Å². The van der Waals surface area contributed by atoms with Crippen molar-refractivity contribution in [1.29, 1.82) is 0 Å². The maximum atomic E-state index is 6.33. The molecule has 2 aliphatic carbocycles. The summed E-state index contributed by atoms with van der Waals surface area (Å²) in [5.74, 6) is 0. The van der Waals surface area contributed by atoms with Gasteiger partial charge in [0.25, 0.3) is 0 Å². The van der Waals surface area contributed by atoms with Gasteiger partial charge in [-0.25, -0.2) is 0 Å². The number of rotatable bonds is 2. The van der Waals surface area contributed by atoms with Crippen molar-refractivity contribution in [2.75, 3.05) is 0 Å². The predicted molar refractivity (Wildman–Crippen MR) is 227 cm³/mol. The summed E-state index contributed by atoms with van der Waals surface area (Å²) in [6.45, 7) is 0. The molecule has 55 heavy (non-hydrogen) atoms. The molecule has 0 saturated heterocycles. The fourth-order valence-corrected chi connectivity index (χ4v) is 10.5. The van der Waals surface area contributed by atoms with Gasteiger partial charge in [0.2, 0.25) is 0 Å². The molecule has 0 aliphatic heterocycles. The highest BCUT2D eigenvalue weighted by atomic mass is 16.3. The Morgan fingerprint density at radius 2 is 0.982 bits per heavy atom. The van der Waals surface area contributed by atoms with E-state index in [0.717, 1.165) is 33.2 Å². The van der Waals surface area contributed by atoms with Gasteiger partial charge < -0.3 is 8.98 Å². The summed E-state index contributed by atoms with van der Waals surface area (Å²) in [4.78, 5) is 0. The number of hydrogen-bond acceptors (Lipinski definition) is 1. The number of nitrogens with zero attached hydrogens (tertiary/aromatic N) is 1. The Morgan fingerprint density at radius 3 is 1.76 bits per heavy atom. The van der Waals surface area contributed by atoms with E-state index < -0.39 is 5.41 Å². The zero-order chi connectivity index (χ0) is 35.8. The fourth-order valence-electron chi connectivity index (χ4n) is 10.5. The number of benzene rings is 9. The zero-order valence-corrected chi connectivity index (χ0v) is 29.8. The van der Waals surface area contributed by atoms with E-state index in [9.17, 15) is 0 Å². The SMILES string of the molecule is c1cc(-c2cccc3oc4ccccc4c23)cc(-n2c3cc4c(cc3c3c5ccccc5ccc32)-c2ccccc2C42c3ccccc3-c3ccccc32)c1. The van der Waals surface area contributed by atoms with Crippen LogP contribution in [0.5, 0.6) is 0 Å². The van der Waals surface area contributed by atoms with E-state index in [-0.39, 0.29) is 0 Å². The third-order valence-corrected chi connectivity index (χ3v) is 12.6. The first-order chi connectivity index (χ1) is 27.3. The molecule has 0 N–H and O–H groups in total. The van der Waals surface area contributed by atoms with Gasteiger partial charge in [-0.3, -0.25) is 0 Å². The highest BCUT2D eigenvalue weighted by molar-refractivity contribution is 6.22. The molecule has 0 radical (unpaired) electrons. The van der Waals surface area contributed by atoms with Crippen molar-refractivity contribution in [2.24, 2.45) is 0 Å². The predicted octanol–water partition coefficient (Wildman–Crippen LogP) is 13.8. The van der Waals surface area contributed by atoms with Crippen LogP contribution in [0.1, 0.15) is 22.3 Å². The van der Waals surface area contributed by atoms with E-state index in [1.165, 1.54) is 82.6 Å². The van der Waals surface area contributed by atoms with Gasteiger partial charge in [0.15, 0.2) is 0 Å². The smallest absolute Gasteiger partial charge is 0.136 e. The van der Waals surface area contributed by atoms with Gasteiger partial charge in [0, 0.05) is 27.2 Å². The maximum absolute atomic E-state index is 6.33. The summed E-state index contributed by atoms with van der Waals surface area (Å²) < 4.78 is 8.85. The first-order valence-electron chi connectivity index (χ1n) is 19.1. The van der Waals surface area contributed by atoms with E-state index in [1.54, 1.807) is 0 Å². The minimum Gasteiger partial charge on any atom is -0.456 e. The van der Waals surface area contributed by atoms with E-state index in [4.69, 9.17) is 4.42 Å². The van der Waals surface area contributed by atoms with Gasteiger partial charge in [0.05, 0.1) is 16.4 Å². The molecule has 0 bridgehead atoms. The number of para-hydroxylation sites is 1. The number of fused-ring (bicyclic) bond motifs is 18. The van der Waals surface area contributed by atoms with Crippen molar-refractivity contribution in [1.82, 2.24) is 4.57 Å². The lowest BCUT2D eigenvalue weighted by Gasteiger charge is -2.30. The average Bonchev–Trinajstić information content (AvgIpc) is 3.96. The van der Waals surface area contributed by atoms with Crippen LogP contribution in [0.15, 0.2) is 192 Å². The van der Waals surface area contributed by atoms with Gasteiger partial charge >= 0.3 is 0 Å². The normalized spacial score (nSPS) is 13.6. The lowest BCUT2D eigenvalue weighted by molar-refractivity contribution is 0.669. The molecule has 2 aromatic heterocycles. The van der Waals surface area contributed by atoms with Crippen LogP contribution in [-0.2, 0) is 5.41 Å². The molecule has 2 heteroatoms. The third-order valence-electron chi connectivity index (χ3n) is 12.6. The van der Waals surface area contributed by atoms with Crippen LogP contribution in [0, 0.1) is 0 Å². The Kier molecular flexibility index (Phi) is 5.59. The molecule has 0 unspecified atom stereocenters. The monoisotopic (exact) mass is 697 g/mol. The van der Waals surface area contributed by atoms with E-state index >= 15 is 0 Å². The Balaban J connectivity index is 1.16. The summed E-state index contributed by atoms with van der Waals surface area (Å²) >= 11 is 0. The molecule has 2 heterocycles. The minimum atomic E-state index is -0.420. The van der Waals surface area contributed by atoms with E-state index in [1.807, 2.05) is 6.07 Å². The van der Waals surface area contributed by atoms with Gasteiger partial charge in [-0.15, -0.1) is 0 Å². The summed E-state index contributed by atoms with van der Waals surface area (Å²) in [6.07, 6.45) is 0. The largest absolute Gasteiger partial charge is 0.456 e. The van der Waals surface area contributed by atoms with Crippen LogP contribution in [-0.4, -0.2) is 4.57 Å². The molecule has 1 spiro atoms. The standard InChI is InChI=1S/C53H31NO/c1-2-16-35-32(13-1)27-28-47-51(35)42-30-41-39-19-5-9-24-45(39)53(43-22-7-3-17-37(43)38-18-4-8-23-44(38)53)46(41)31-48(42)54(47)34-15-11-14-33(29-34)36-21-12-26-50-52(36)40-20-6-10-25-49(40)55-50/h1-31H. The number of hydrogen-bond donors (Lipinski definition) is 0. The first-order valence-corrected chi connectivity index (χ1v) is 19.1. The highest BCUT2D eigenvalue weighted by Gasteiger charge is 2.51. The maximum Gasteiger partial charge on any atom is 0.136 e. The molecule has 0 atom stereocenters. The number of aromatic nitrogens is 1. The Labute approximate surface area is 317 Å². The second-order valence-corrected chi connectivity index (χ2v) is 15.1. The Morgan fingerprint density at radius 1 is 0.364 bits per heavy atom. The zero-order valence-electron chi connectivity index (χ0n) is 29.8. The van der Waals surface area contributed by atoms with Crippen molar-refractivity contribution < 1.29 is 4.42 Å². The molecule has 0 amide bonds. The van der Waals surface area contributed by atoms with Gasteiger partial charge in [0.1, 0.15) is 11.2 Å². The lowest BCUT2D eigenvalue weighted by Crippen LogP contribution is -2.25. The van der Waals surface area contributed by atoms with Crippen LogP contribution in [0.2, 0.25) is 0 Å². The summed E-state index contributed by atoms with van der Waals surface area (Å²) in [6, 6.07) is 69.6. The topological polar surface area (TPSA) is 18.1 Å². The van der Waals surface area contributed by atoms with Gasteiger partial charge in [-0.05, 0) is 109 Å². The lowest BCUT2D eigenvalue weighted by atomic mass is 9.70. The van der Waals surface area contributed by atoms with Crippen LogP contribution in [0.25, 0.3) is 93.6 Å². The molecule has 0 saturated carbocycles. The van der Waals surface area contributed by atoms with E-state index in [2.05, 4.69) is 187 Å². The summed E-state index contributed by atoms with van der Waals surface area (Å²) in [7, 11) is 0. The molecule has 9 aromatic carbocycles. The minimum absolute atomic E-state index is 0.420. The number of furan rings is 1.